The van der Waals surface area contributed by atoms with Crippen LogP contribution in [-0.2, 0) is 14.3 Å². The van der Waals surface area contributed by atoms with Gasteiger partial charge < -0.3 is 9.84 Å². The molecule has 1 aliphatic rings. The van der Waals surface area contributed by atoms with Crippen LogP contribution in [0, 0.1) is 17.8 Å². The lowest BCUT2D eigenvalue weighted by Crippen LogP contribution is -2.28. The highest BCUT2D eigenvalue weighted by molar-refractivity contribution is 5.75. The fraction of sp³-hybridized carbons (Fsp3) is 0.895. The summed E-state index contributed by atoms with van der Waals surface area (Å²) in [6.45, 7) is 5.01. The molecule has 134 valence electrons. The Morgan fingerprint density at radius 3 is 2.26 bits per heavy atom. The number of rotatable bonds is 11. The first-order valence-corrected chi connectivity index (χ1v) is 9.40. The molecule has 1 N–H and O–H groups in total. The third-order valence-corrected chi connectivity index (χ3v) is 4.78. The van der Waals surface area contributed by atoms with Crippen LogP contribution in [-0.4, -0.2) is 23.7 Å². The largest absolute Gasteiger partial charge is 0.481 e. The van der Waals surface area contributed by atoms with E-state index in [1.165, 1.54) is 32.1 Å². The van der Waals surface area contributed by atoms with Crippen LogP contribution in [0.3, 0.4) is 0 Å². The molecular weight excluding hydrogens is 292 g/mol. The lowest BCUT2D eigenvalue weighted by Gasteiger charge is -2.25. The van der Waals surface area contributed by atoms with E-state index in [2.05, 4.69) is 13.8 Å². The third kappa shape index (κ3) is 8.97. The van der Waals surface area contributed by atoms with Gasteiger partial charge in [-0.15, -0.1) is 0 Å². The minimum Gasteiger partial charge on any atom is -0.481 e. The van der Waals surface area contributed by atoms with Gasteiger partial charge in [0.2, 0.25) is 0 Å². The lowest BCUT2D eigenvalue weighted by molar-refractivity contribution is -0.152. The Labute approximate surface area is 141 Å². The average Bonchev–Trinajstić information content (AvgIpc) is 2.52. The number of carboxylic acids is 1. The SMILES string of the molecule is CC(C)CCCCCCCCOC(=O)C1CCCC(C(=O)O)C1. The second kappa shape index (κ2) is 11.5. The maximum Gasteiger partial charge on any atom is 0.308 e. The quantitative estimate of drug-likeness (QED) is 0.437. The van der Waals surface area contributed by atoms with Crippen molar-refractivity contribution < 1.29 is 19.4 Å². The molecule has 1 aliphatic carbocycles. The van der Waals surface area contributed by atoms with Crippen LogP contribution >= 0.6 is 0 Å². The Morgan fingerprint density at radius 2 is 1.61 bits per heavy atom. The first-order chi connectivity index (χ1) is 11.0. The maximum absolute atomic E-state index is 12.0. The summed E-state index contributed by atoms with van der Waals surface area (Å²) in [7, 11) is 0. The molecule has 0 amide bonds. The van der Waals surface area contributed by atoms with Gasteiger partial charge in [-0.1, -0.05) is 58.8 Å². The number of aliphatic carboxylic acids is 1. The zero-order valence-corrected chi connectivity index (χ0v) is 14.9. The number of carbonyl (C=O) groups is 2. The standard InChI is InChI=1S/C19H34O4/c1-15(2)10-7-5-3-4-6-8-13-23-19(22)17-12-9-11-16(14-17)18(20)21/h15-17H,3-14H2,1-2H3,(H,20,21). The number of carboxylic acid groups (broad SMARTS) is 1. The second-order valence-electron chi connectivity index (χ2n) is 7.37. The van der Waals surface area contributed by atoms with Crippen molar-refractivity contribution in [1.29, 1.82) is 0 Å². The Bertz CT molecular complexity index is 351. The van der Waals surface area contributed by atoms with Gasteiger partial charge in [0.15, 0.2) is 0 Å². The fourth-order valence-corrected chi connectivity index (χ4v) is 3.28. The zero-order valence-electron chi connectivity index (χ0n) is 14.9. The molecule has 1 rings (SSSR count). The Hall–Kier alpha value is -1.06. The van der Waals surface area contributed by atoms with E-state index in [4.69, 9.17) is 9.84 Å². The van der Waals surface area contributed by atoms with E-state index in [1.807, 2.05) is 0 Å². The van der Waals surface area contributed by atoms with Crippen molar-refractivity contribution in [3.05, 3.63) is 0 Å². The summed E-state index contributed by atoms with van der Waals surface area (Å²) in [6, 6.07) is 0. The molecule has 2 unspecified atom stereocenters. The van der Waals surface area contributed by atoms with Gasteiger partial charge in [0.1, 0.15) is 0 Å². The summed E-state index contributed by atoms with van der Waals surface area (Å²) in [4.78, 5) is 23.0. The Kier molecular flexibility index (Phi) is 9.97. The first kappa shape index (κ1) is 20.0. The number of unbranched alkanes of at least 4 members (excludes halogenated alkanes) is 5. The van der Waals surface area contributed by atoms with Gasteiger partial charge in [-0.3, -0.25) is 9.59 Å². The smallest absolute Gasteiger partial charge is 0.308 e. The molecule has 0 aromatic heterocycles. The van der Waals surface area contributed by atoms with Crippen molar-refractivity contribution in [2.24, 2.45) is 17.8 Å². The summed E-state index contributed by atoms with van der Waals surface area (Å²) >= 11 is 0. The Morgan fingerprint density at radius 1 is 1.00 bits per heavy atom. The van der Waals surface area contributed by atoms with Gasteiger partial charge >= 0.3 is 11.9 Å². The molecule has 0 heterocycles. The molecule has 0 aromatic carbocycles. The predicted molar refractivity (Wildman–Crippen MR) is 91.2 cm³/mol. The minimum atomic E-state index is -0.778. The van der Waals surface area contributed by atoms with Gasteiger partial charge in [0.05, 0.1) is 18.4 Å². The molecular formula is C19H34O4. The Balaban J connectivity index is 2.00. The van der Waals surface area contributed by atoms with Gasteiger partial charge in [-0.2, -0.15) is 0 Å². The van der Waals surface area contributed by atoms with Crippen molar-refractivity contribution in [3.63, 3.8) is 0 Å². The molecule has 1 fully saturated rings. The van der Waals surface area contributed by atoms with Crippen LogP contribution in [0.5, 0.6) is 0 Å². The first-order valence-electron chi connectivity index (χ1n) is 9.40. The topological polar surface area (TPSA) is 63.6 Å². The highest BCUT2D eigenvalue weighted by atomic mass is 16.5. The lowest BCUT2D eigenvalue weighted by atomic mass is 9.81. The highest BCUT2D eigenvalue weighted by Crippen LogP contribution is 2.30. The third-order valence-electron chi connectivity index (χ3n) is 4.78. The molecule has 4 heteroatoms. The van der Waals surface area contributed by atoms with Crippen LogP contribution in [0.15, 0.2) is 0 Å². The van der Waals surface area contributed by atoms with E-state index in [1.54, 1.807) is 0 Å². The number of hydrogen-bond donors (Lipinski definition) is 1. The summed E-state index contributed by atoms with van der Waals surface area (Å²) in [5.74, 6) is -0.740. The van der Waals surface area contributed by atoms with Gasteiger partial charge in [-0.25, -0.2) is 0 Å². The monoisotopic (exact) mass is 326 g/mol. The minimum absolute atomic E-state index is 0.187. The van der Waals surface area contributed by atoms with Crippen LogP contribution < -0.4 is 0 Å². The van der Waals surface area contributed by atoms with Gasteiger partial charge in [0, 0.05) is 0 Å². The van der Waals surface area contributed by atoms with Crippen molar-refractivity contribution in [3.8, 4) is 0 Å². The molecule has 2 atom stereocenters. The van der Waals surface area contributed by atoms with E-state index in [9.17, 15) is 9.59 Å². The molecule has 4 nitrogen and oxygen atoms in total. The van der Waals surface area contributed by atoms with E-state index in [0.717, 1.165) is 31.6 Å². The van der Waals surface area contributed by atoms with Crippen LogP contribution in [0.2, 0.25) is 0 Å². The average molecular weight is 326 g/mol. The predicted octanol–water partition coefficient (Wildman–Crippen LogP) is 4.81. The molecule has 0 spiro atoms. The van der Waals surface area contributed by atoms with Crippen LogP contribution in [0.1, 0.15) is 84.5 Å². The highest BCUT2D eigenvalue weighted by Gasteiger charge is 2.31. The van der Waals surface area contributed by atoms with E-state index in [-0.39, 0.29) is 17.8 Å². The molecule has 0 radical (unpaired) electrons. The number of carbonyl (C=O) groups excluding carboxylic acids is 1. The molecule has 23 heavy (non-hydrogen) atoms. The van der Waals surface area contributed by atoms with Crippen LogP contribution in [0.25, 0.3) is 0 Å². The zero-order chi connectivity index (χ0) is 17.1. The van der Waals surface area contributed by atoms with E-state index < -0.39 is 5.97 Å². The molecule has 0 bridgehead atoms. The maximum atomic E-state index is 12.0. The van der Waals surface area contributed by atoms with Crippen molar-refractivity contribution >= 4 is 11.9 Å². The van der Waals surface area contributed by atoms with Crippen molar-refractivity contribution in [2.45, 2.75) is 84.5 Å². The van der Waals surface area contributed by atoms with E-state index in [0.29, 0.717) is 19.4 Å². The summed E-state index contributed by atoms with van der Waals surface area (Å²) in [5.41, 5.74) is 0. The normalized spacial score (nSPS) is 21.3. The number of hydrogen-bond acceptors (Lipinski definition) is 3. The molecule has 0 saturated heterocycles. The van der Waals surface area contributed by atoms with Gasteiger partial charge in [0.25, 0.3) is 0 Å². The molecule has 0 aliphatic heterocycles. The number of ether oxygens (including phenoxy) is 1. The molecule has 1 saturated carbocycles. The molecule has 0 aromatic rings. The van der Waals surface area contributed by atoms with Crippen molar-refractivity contribution in [2.75, 3.05) is 6.61 Å². The van der Waals surface area contributed by atoms with Crippen LogP contribution in [0.4, 0.5) is 0 Å². The fourth-order valence-electron chi connectivity index (χ4n) is 3.28. The number of esters is 1. The summed E-state index contributed by atoms with van der Waals surface area (Å²) < 4.78 is 5.34. The van der Waals surface area contributed by atoms with Gasteiger partial charge in [-0.05, 0) is 31.6 Å². The van der Waals surface area contributed by atoms with Crippen molar-refractivity contribution in [1.82, 2.24) is 0 Å². The summed E-state index contributed by atoms with van der Waals surface area (Å²) in [5, 5.41) is 9.05. The second-order valence-corrected chi connectivity index (χ2v) is 7.37. The van der Waals surface area contributed by atoms with E-state index >= 15 is 0 Å². The summed E-state index contributed by atoms with van der Waals surface area (Å²) in [6.07, 6.45) is 11.2.